The molecule has 2 unspecified atom stereocenters. The zero-order valence-electron chi connectivity index (χ0n) is 9.27. The first kappa shape index (κ1) is 11.5. The predicted octanol–water partition coefficient (Wildman–Crippen LogP) is 1.88. The fourth-order valence-electron chi connectivity index (χ4n) is 2.11. The molecule has 1 fully saturated rings. The molecular weight excluding hydrogens is 224 g/mol. The molecule has 0 spiro atoms. The summed E-state index contributed by atoms with van der Waals surface area (Å²) in [5.41, 5.74) is 1.44. The maximum Gasteiger partial charge on any atom is 0.0352 e. The number of hydrogen-bond acceptors (Lipinski definition) is 4. The molecule has 1 aromatic rings. The van der Waals surface area contributed by atoms with Crippen molar-refractivity contribution in [2.45, 2.75) is 17.8 Å². The number of thioether (sulfide) groups is 1. The van der Waals surface area contributed by atoms with E-state index in [0.717, 1.165) is 24.9 Å². The van der Waals surface area contributed by atoms with E-state index in [1.165, 1.54) is 5.56 Å². The Labute approximate surface area is 100 Å². The minimum Gasteiger partial charge on any atom is -0.314 e. The molecule has 1 N–H and O–H groups in total. The van der Waals surface area contributed by atoms with Crippen LogP contribution >= 0.6 is 23.1 Å². The zero-order valence-corrected chi connectivity index (χ0v) is 10.9. The van der Waals surface area contributed by atoms with Crippen molar-refractivity contribution in [1.82, 2.24) is 10.2 Å². The second kappa shape index (κ2) is 5.34. The van der Waals surface area contributed by atoms with E-state index in [1.807, 2.05) is 11.8 Å². The normalized spacial score (nSPS) is 26.3. The van der Waals surface area contributed by atoms with Gasteiger partial charge in [0, 0.05) is 30.9 Å². The summed E-state index contributed by atoms with van der Waals surface area (Å²) in [6.07, 6.45) is 2.21. The summed E-state index contributed by atoms with van der Waals surface area (Å²) >= 11 is 3.76. The van der Waals surface area contributed by atoms with Crippen LogP contribution in [-0.4, -0.2) is 42.6 Å². The van der Waals surface area contributed by atoms with Crippen LogP contribution in [0.5, 0.6) is 0 Å². The van der Waals surface area contributed by atoms with Crippen molar-refractivity contribution in [3.05, 3.63) is 22.4 Å². The smallest absolute Gasteiger partial charge is 0.0352 e. The second-order valence-corrected chi connectivity index (χ2v) is 5.90. The Kier molecular flexibility index (Phi) is 4.08. The third-order valence-electron chi connectivity index (χ3n) is 3.01. The van der Waals surface area contributed by atoms with Crippen molar-refractivity contribution in [1.29, 1.82) is 0 Å². The van der Waals surface area contributed by atoms with Gasteiger partial charge in [0.1, 0.15) is 0 Å². The van der Waals surface area contributed by atoms with Gasteiger partial charge in [-0.2, -0.15) is 23.1 Å². The number of thiophene rings is 1. The standard InChI is InChI=1S/C11H18N2S2/c1-13(7-9-3-4-15-8-9)10-5-12-6-11(10)14-2/h3-4,8,10-12H,5-7H2,1-2H3. The first-order chi connectivity index (χ1) is 7.31. The quantitative estimate of drug-likeness (QED) is 0.868. The maximum absolute atomic E-state index is 3.47. The minimum absolute atomic E-state index is 0.680. The molecule has 1 aliphatic heterocycles. The molecule has 1 saturated heterocycles. The lowest BCUT2D eigenvalue weighted by molar-refractivity contribution is 0.253. The van der Waals surface area contributed by atoms with Crippen LogP contribution in [0.15, 0.2) is 16.8 Å². The molecular formula is C11H18N2S2. The molecule has 2 nitrogen and oxygen atoms in total. The average molecular weight is 242 g/mol. The van der Waals surface area contributed by atoms with Gasteiger partial charge < -0.3 is 5.32 Å². The summed E-state index contributed by atoms with van der Waals surface area (Å²) in [6.45, 7) is 3.36. The van der Waals surface area contributed by atoms with E-state index in [0.29, 0.717) is 6.04 Å². The predicted molar refractivity (Wildman–Crippen MR) is 69.7 cm³/mol. The lowest BCUT2D eigenvalue weighted by Crippen LogP contribution is -2.38. The summed E-state index contributed by atoms with van der Waals surface area (Å²) in [7, 11) is 2.23. The van der Waals surface area contributed by atoms with Crippen molar-refractivity contribution in [2.75, 3.05) is 26.4 Å². The van der Waals surface area contributed by atoms with Gasteiger partial charge in [-0.25, -0.2) is 0 Å². The van der Waals surface area contributed by atoms with Crippen molar-refractivity contribution in [2.24, 2.45) is 0 Å². The Balaban J connectivity index is 1.92. The van der Waals surface area contributed by atoms with E-state index >= 15 is 0 Å². The molecule has 84 valence electrons. The van der Waals surface area contributed by atoms with Gasteiger partial charge in [-0.1, -0.05) is 0 Å². The highest BCUT2D eigenvalue weighted by atomic mass is 32.2. The molecule has 2 rings (SSSR count). The molecule has 0 radical (unpaired) electrons. The van der Waals surface area contributed by atoms with E-state index < -0.39 is 0 Å². The van der Waals surface area contributed by atoms with E-state index in [9.17, 15) is 0 Å². The first-order valence-corrected chi connectivity index (χ1v) is 7.49. The van der Waals surface area contributed by atoms with Gasteiger partial charge in [-0.15, -0.1) is 0 Å². The zero-order chi connectivity index (χ0) is 10.7. The van der Waals surface area contributed by atoms with Gasteiger partial charge in [0.05, 0.1) is 0 Å². The SMILES string of the molecule is CSC1CNCC1N(C)Cc1ccsc1. The Morgan fingerprint density at radius 3 is 3.13 bits per heavy atom. The molecule has 0 aliphatic carbocycles. The summed E-state index contributed by atoms with van der Waals surface area (Å²) in [6, 6.07) is 2.90. The third-order valence-corrected chi connectivity index (χ3v) is 4.83. The Bertz CT molecular complexity index is 287. The van der Waals surface area contributed by atoms with Crippen molar-refractivity contribution >= 4 is 23.1 Å². The molecule has 0 saturated carbocycles. The van der Waals surface area contributed by atoms with E-state index in [-0.39, 0.29) is 0 Å². The van der Waals surface area contributed by atoms with Crippen LogP contribution < -0.4 is 5.32 Å². The Hall–Kier alpha value is -0.0300. The molecule has 2 heterocycles. The number of hydrogen-bond donors (Lipinski definition) is 1. The Morgan fingerprint density at radius 1 is 1.60 bits per heavy atom. The number of nitrogens with one attached hydrogen (secondary N) is 1. The first-order valence-electron chi connectivity index (χ1n) is 5.26. The van der Waals surface area contributed by atoms with Crippen LogP contribution in [0.4, 0.5) is 0 Å². The van der Waals surface area contributed by atoms with Gasteiger partial charge in [-0.05, 0) is 35.7 Å². The molecule has 1 aromatic heterocycles. The van der Waals surface area contributed by atoms with Crippen LogP contribution in [0.25, 0.3) is 0 Å². The topological polar surface area (TPSA) is 15.3 Å². The average Bonchev–Trinajstić information content (AvgIpc) is 2.86. The maximum atomic E-state index is 3.47. The van der Waals surface area contributed by atoms with Gasteiger partial charge >= 0.3 is 0 Å². The lowest BCUT2D eigenvalue weighted by atomic mass is 10.2. The van der Waals surface area contributed by atoms with Gasteiger partial charge in [0.15, 0.2) is 0 Å². The summed E-state index contributed by atoms with van der Waals surface area (Å²) in [4.78, 5) is 2.48. The second-order valence-electron chi connectivity index (χ2n) is 4.05. The van der Waals surface area contributed by atoms with Crippen LogP contribution in [0.2, 0.25) is 0 Å². The molecule has 0 bridgehead atoms. The molecule has 0 aromatic carbocycles. The fraction of sp³-hybridized carbons (Fsp3) is 0.636. The van der Waals surface area contributed by atoms with Crippen LogP contribution in [0, 0.1) is 0 Å². The van der Waals surface area contributed by atoms with Crippen LogP contribution in [-0.2, 0) is 6.54 Å². The molecule has 15 heavy (non-hydrogen) atoms. The van der Waals surface area contributed by atoms with Crippen LogP contribution in [0.3, 0.4) is 0 Å². The van der Waals surface area contributed by atoms with Crippen molar-refractivity contribution in [3.8, 4) is 0 Å². The highest BCUT2D eigenvalue weighted by Crippen LogP contribution is 2.21. The highest BCUT2D eigenvalue weighted by Gasteiger charge is 2.29. The van der Waals surface area contributed by atoms with Crippen molar-refractivity contribution < 1.29 is 0 Å². The van der Waals surface area contributed by atoms with E-state index in [4.69, 9.17) is 0 Å². The van der Waals surface area contributed by atoms with Gasteiger partial charge in [-0.3, -0.25) is 4.90 Å². The summed E-state index contributed by atoms with van der Waals surface area (Å²) in [5.74, 6) is 0. The number of likely N-dealkylation sites (N-methyl/N-ethyl adjacent to an activating group) is 1. The highest BCUT2D eigenvalue weighted by molar-refractivity contribution is 7.99. The number of rotatable bonds is 4. The fourth-order valence-corrected chi connectivity index (χ4v) is 3.67. The number of nitrogens with zero attached hydrogens (tertiary/aromatic N) is 1. The largest absolute Gasteiger partial charge is 0.314 e. The Morgan fingerprint density at radius 2 is 2.47 bits per heavy atom. The summed E-state index contributed by atoms with van der Waals surface area (Å²) < 4.78 is 0. The van der Waals surface area contributed by atoms with Crippen molar-refractivity contribution in [3.63, 3.8) is 0 Å². The van der Waals surface area contributed by atoms with E-state index in [2.05, 4.69) is 40.3 Å². The van der Waals surface area contributed by atoms with E-state index in [1.54, 1.807) is 11.3 Å². The third kappa shape index (κ3) is 2.75. The molecule has 2 atom stereocenters. The molecule has 4 heteroatoms. The minimum atomic E-state index is 0.680. The van der Waals surface area contributed by atoms with Gasteiger partial charge in [0.25, 0.3) is 0 Å². The molecule has 1 aliphatic rings. The molecule has 0 amide bonds. The van der Waals surface area contributed by atoms with Gasteiger partial charge in [0.2, 0.25) is 0 Å². The monoisotopic (exact) mass is 242 g/mol. The lowest BCUT2D eigenvalue weighted by Gasteiger charge is -2.27. The summed E-state index contributed by atoms with van der Waals surface area (Å²) in [5, 5.41) is 8.62. The van der Waals surface area contributed by atoms with Crippen LogP contribution in [0.1, 0.15) is 5.56 Å².